The molecule has 0 aliphatic carbocycles. The van der Waals surface area contributed by atoms with E-state index in [4.69, 9.17) is 9.84 Å². The topological polar surface area (TPSA) is 110 Å². The Balaban J connectivity index is 2.57. The third-order valence-corrected chi connectivity index (χ3v) is 3.31. The van der Waals surface area contributed by atoms with Crippen molar-refractivity contribution in [2.24, 2.45) is 0 Å². The molecule has 1 heterocycles. The summed E-state index contributed by atoms with van der Waals surface area (Å²) in [6.45, 7) is 3.09. The SMILES string of the molecule is CCC1Oc2ccc([N+](=O)[O-])cc2N(C(C)C(=O)O)C1=O. The highest BCUT2D eigenvalue weighted by Gasteiger charge is 2.39. The lowest BCUT2D eigenvalue weighted by Gasteiger charge is -2.35. The molecule has 2 rings (SSSR count). The number of hydrogen-bond acceptors (Lipinski definition) is 5. The third kappa shape index (κ3) is 2.51. The van der Waals surface area contributed by atoms with Crippen molar-refractivity contribution in [3.63, 3.8) is 0 Å². The van der Waals surface area contributed by atoms with Crippen molar-refractivity contribution in [1.29, 1.82) is 0 Å². The monoisotopic (exact) mass is 294 g/mol. The Morgan fingerprint density at radius 2 is 2.24 bits per heavy atom. The number of hydrogen-bond donors (Lipinski definition) is 1. The minimum absolute atomic E-state index is 0.105. The molecular weight excluding hydrogens is 280 g/mol. The number of nitro groups is 1. The second-order valence-corrected chi connectivity index (χ2v) is 4.65. The number of non-ortho nitro benzene ring substituents is 1. The molecule has 0 bridgehead atoms. The first-order valence-corrected chi connectivity index (χ1v) is 6.37. The first-order valence-electron chi connectivity index (χ1n) is 6.37. The van der Waals surface area contributed by atoms with Gasteiger partial charge in [-0.1, -0.05) is 6.92 Å². The summed E-state index contributed by atoms with van der Waals surface area (Å²) in [7, 11) is 0. The second kappa shape index (κ2) is 5.39. The Morgan fingerprint density at radius 3 is 2.76 bits per heavy atom. The summed E-state index contributed by atoms with van der Waals surface area (Å²) >= 11 is 0. The van der Waals surface area contributed by atoms with Crippen molar-refractivity contribution in [2.45, 2.75) is 32.4 Å². The lowest BCUT2D eigenvalue weighted by atomic mass is 10.1. The van der Waals surface area contributed by atoms with Crippen LogP contribution in [0.5, 0.6) is 5.75 Å². The van der Waals surface area contributed by atoms with E-state index in [1.165, 1.54) is 19.1 Å². The number of rotatable bonds is 4. The van der Waals surface area contributed by atoms with Crippen LogP contribution in [0.1, 0.15) is 20.3 Å². The fourth-order valence-corrected chi connectivity index (χ4v) is 2.15. The number of anilines is 1. The quantitative estimate of drug-likeness (QED) is 0.666. The molecule has 0 saturated carbocycles. The van der Waals surface area contributed by atoms with Crippen LogP contribution in [0.2, 0.25) is 0 Å². The van der Waals surface area contributed by atoms with Crippen LogP contribution in [0.3, 0.4) is 0 Å². The van der Waals surface area contributed by atoms with Crippen molar-refractivity contribution in [3.8, 4) is 5.75 Å². The average Bonchev–Trinajstić information content (AvgIpc) is 2.45. The van der Waals surface area contributed by atoms with Crippen molar-refractivity contribution in [1.82, 2.24) is 0 Å². The molecule has 8 nitrogen and oxygen atoms in total. The average molecular weight is 294 g/mol. The standard InChI is InChI=1S/C13H14N2O6/c1-3-10-12(16)14(7(2)13(17)18)9-6-8(15(19)20)4-5-11(9)21-10/h4-7,10H,3H2,1-2H3,(H,17,18). The number of benzene rings is 1. The minimum atomic E-state index is -1.20. The zero-order valence-electron chi connectivity index (χ0n) is 11.5. The molecule has 21 heavy (non-hydrogen) atoms. The van der Waals surface area contributed by atoms with E-state index in [-0.39, 0.29) is 17.1 Å². The van der Waals surface area contributed by atoms with Gasteiger partial charge in [-0.3, -0.25) is 19.8 Å². The van der Waals surface area contributed by atoms with Gasteiger partial charge >= 0.3 is 5.97 Å². The van der Waals surface area contributed by atoms with Gasteiger partial charge in [-0.25, -0.2) is 4.79 Å². The number of carbonyl (C=O) groups excluding carboxylic acids is 1. The van der Waals surface area contributed by atoms with E-state index >= 15 is 0 Å². The summed E-state index contributed by atoms with van der Waals surface area (Å²) in [5.41, 5.74) is -0.128. The molecule has 112 valence electrons. The van der Waals surface area contributed by atoms with E-state index < -0.39 is 28.9 Å². The minimum Gasteiger partial charge on any atom is -0.480 e. The first kappa shape index (κ1) is 14.8. The normalized spacial score (nSPS) is 18.7. The van der Waals surface area contributed by atoms with Gasteiger partial charge in [0.2, 0.25) is 0 Å². The third-order valence-electron chi connectivity index (χ3n) is 3.31. The van der Waals surface area contributed by atoms with Crippen molar-refractivity contribution in [3.05, 3.63) is 28.3 Å². The smallest absolute Gasteiger partial charge is 0.326 e. The molecule has 1 aromatic rings. The number of carbonyl (C=O) groups is 2. The molecule has 1 aliphatic rings. The predicted octanol–water partition coefficient (Wildman–Crippen LogP) is 1.57. The van der Waals surface area contributed by atoms with Gasteiger partial charge in [-0.15, -0.1) is 0 Å². The Kier molecular flexibility index (Phi) is 3.79. The van der Waals surface area contributed by atoms with Crippen LogP contribution in [0.4, 0.5) is 11.4 Å². The molecule has 0 fully saturated rings. The van der Waals surface area contributed by atoms with Crippen LogP contribution in [0, 0.1) is 10.1 Å². The summed E-state index contributed by atoms with van der Waals surface area (Å²) in [5, 5.41) is 20.0. The number of amides is 1. The summed E-state index contributed by atoms with van der Waals surface area (Å²) in [6, 6.07) is 2.64. The van der Waals surface area contributed by atoms with Gasteiger partial charge in [0.05, 0.1) is 10.6 Å². The Morgan fingerprint density at radius 1 is 1.57 bits per heavy atom. The Labute approximate surface area is 120 Å². The molecule has 2 unspecified atom stereocenters. The lowest BCUT2D eigenvalue weighted by molar-refractivity contribution is -0.384. The molecule has 1 aromatic carbocycles. The number of aliphatic carboxylic acids is 1. The molecule has 0 saturated heterocycles. The molecule has 8 heteroatoms. The molecule has 1 amide bonds. The molecule has 1 aliphatic heterocycles. The fraction of sp³-hybridized carbons (Fsp3) is 0.385. The number of carboxylic acids is 1. The van der Waals surface area contributed by atoms with E-state index in [1.54, 1.807) is 6.92 Å². The number of ether oxygens (including phenoxy) is 1. The van der Waals surface area contributed by atoms with Crippen LogP contribution >= 0.6 is 0 Å². The van der Waals surface area contributed by atoms with Gasteiger partial charge in [0, 0.05) is 12.1 Å². The number of nitro benzene ring substituents is 1. The second-order valence-electron chi connectivity index (χ2n) is 4.65. The van der Waals surface area contributed by atoms with Gasteiger partial charge in [-0.2, -0.15) is 0 Å². The predicted molar refractivity (Wildman–Crippen MR) is 72.4 cm³/mol. The van der Waals surface area contributed by atoms with Gasteiger partial charge < -0.3 is 9.84 Å². The highest BCUT2D eigenvalue weighted by Crippen LogP contribution is 2.38. The van der Waals surface area contributed by atoms with Crippen molar-refractivity contribution >= 4 is 23.3 Å². The summed E-state index contributed by atoms with van der Waals surface area (Å²) in [4.78, 5) is 34.8. The van der Waals surface area contributed by atoms with E-state index in [2.05, 4.69) is 0 Å². The van der Waals surface area contributed by atoms with Crippen molar-refractivity contribution in [2.75, 3.05) is 4.90 Å². The molecule has 0 radical (unpaired) electrons. The maximum Gasteiger partial charge on any atom is 0.326 e. The van der Waals surface area contributed by atoms with Crippen LogP contribution in [0.15, 0.2) is 18.2 Å². The highest BCUT2D eigenvalue weighted by molar-refractivity contribution is 6.04. The Hall–Kier alpha value is -2.64. The van der Waals surface area contributed by atoms with Crippen LogP contribution in [-0.4, -0.2) is 34.1 Å². The number of fused-ring (bicyclic) bond motifs is 1. The van der Waals surface area contributed by atoms with Crippen molar-refractivity contribution < 1.29 is 24.4 Å². The molecule has 2 atom stereocenters. The van der Waals surface area contributed by atoms with Crippen LogP contribution in [-0.2, 0) is 9.59 Å². The molecule has 0 aromatic heterocycles. The largest absolute Gasteiger partial charge is 0.480 e. The summed E-state index contributed by atoms with van der Waals surface area (Å²) in [6.07, 6.45) is -0.418. The fourth-order valence-electron chi connectivity index (χ4n) is 2.15. The van der Waals surface area contributed by atoms with E-state index in [0.29, 0.717) is 6.42 Å². The van der Waals surface area contributed by atoms with Gasteiger partial charge in [-0.05, 0) is 19.4 Å². The molecular formula is C13H14N2O6. The summed E-state index contributed by atoms with van der Waals surface area (Å²) in [5.74, 6) is -1.45. The molecule has 1 N–H and O–H groups in total. The van der Waals surface area contributed by atoms with E-state index in [9.17, 15) is 19.7 Å². The van der Waals surface area contributed by atoms with Crippen LogP contribution in [0.25, 0.3) is 0 Å². The zero-order valence-corrected chi connectivity index (χ0v) is 11.5. The lowest BCUT2D eigenvalue weighted by Crippen LogP contribution is -2.52. The van der Waals surface area contributed by atoms with Gasteiger partial charge in [0.15, 0.2) is 6.10 Å². The highest BCUT2D eigenvalue weighted by atomic mass is 16.6. The number of carboxylic acid groups (broad SMARTS) is 1. The Bertz CT molecular complexity index is 615. The van der Waals surface area contributed by atoms with Crippen LogP contribution < -0.4 is 9.64 Å². The van der Waals surface area contributed by atoms with E-state index in [0.717, 1.165) is 11.0 Å². The number of nitrogens with zero attached hydrogens (tertiary/aromatic N) is 2. The first-order chi connectivity index (χ1) is 9.86. The maximum absolute atomic E-state index is 12.3. The zero-order chi connectivity index (χ0) is 15.7. The molecule has 0 spiro atoms. The van der Waals surface area contributed by atoms with Gasteiger partial charge in [0.1, 0.15) is 11.8 Å². The van der Waals surface area contributed by atoms with Gasteiger partial charge in [0.25, 0.3) is 11.6 Å². The maximum atomic E-state index is 12.3. The summed E-state index contributed by atoms with van der Waals surface area (Å²) < 4.78 is 5.48. The van der Waals surface area contributed by atoms with E-state index in [1.807, 2.05) is 0 Å².